The van der Waals surface area contributed by atoms with Gasteiger partial charge in [0.25, 0.3) is 5.56 Å². The minimum absolute atomic E-state index is 0.219. The number of hydrogen-bond donors (Lipinski definition) is 1. The molecule has 0 aliphatic heterocycles. The molecule has 3 rings (SSSR count). The second kappa shape index (κ2) is 5.88. The summed E-state index contributed by atoms with van der Waals surface area (Å²) in [6, 6.07) is 12.7. The van der Waals surface area contributed by atoms with E-state index in [1.165, 1.54) is 6.20 Å². The van der Waals surface area contributed by atoms with Crippen molar-refractivity contribution in [2.45, 2.75) is 6.92 Å². The van der Waals surface area contributed by atoms with Crippen LogP contribution in [-0.2, 0) is 7.05 Å². The number of nitrogen functional groups attached to an aromatic ring is 1. The zero-order chi connectivity index (χ0) is 16.4. The molecular weight excluding hydrogens is 292 g/mol. The fourth-order valence-electron chi connectivity index (χ4n) is 2.23. The number of anilines is 1. The number of hydrogen-bond acceptors (Lipinski definition) is 5. The summed E-state index contributed by atoms with van der Waals surface area (Å²) < 4.78 is 3.32. The van der Waals surface area contributed by atoms with Crippen molar-refractivity contribution < 1.29 is 0 Å². The van der Waals surface area contributed by atoms with Gasteiger partial charge in [0, 0.05) is 7.05 Å². The van der Waals surface area contributed by atoms with Crippen molar-refractivity contribution in [1.29, 1.82) is 0 Å². The molecule has 0 saturated heterocycles. The summed E-state index contributed by atoms with van der Waals surface area (Å²) in [5.74, 6) is 0.409. The fraction of sp³-hybridized carbons (Fsp3) is 0.125. The van der Waals surface area contributed by atoms with E-state index in [-0.39, 0.29) is 5.56 Å². The van der Waals surface area contributed by atoms with Gasteiger partial charge in [-0.25, -0.2) is 9.67 Å². The molecule has 1 aromatic carbocycles. The van der Waals surface area contributed by atoms with Gasteiger partial charge in [-0.15, -0.1) is 10.2 Å². The standard InChI is InChI=1S/C16H16N6O/c1-11-15(20-19-12-8-9-14(17)18-10-12)16(23)22(21(11)2)13-6-4-3-5-7-13/h3-10H,1-2H3,(H2,17,18). The van der Waals surface area contributed by atoms with Gasteiger partial charge in [-0.2, -0.15) is 0 Å². The van der Waals surface area contributed by atoms with Gasteiger partial charge < -0.3 is 5.73 Å². The lowest BCUT2D eigenvalue weighted by molar-refractivity contribution is 0.630. The maximum atomic E-state index is 12.6. The van der Waals surface area contributed by atoms with E-state index in [1.54, 1.807) is 21.5 Å². The van der Waals surface area contributed by atoms with Crippen LogP contribution in [-0.4, -0.2) is 14.3 Å². The van der Waals surface area contributed by atoms with Gasteiger partial charge in [-0.1, -0.05) is 18.2 Å². The van der Waals surface area contributed by atoms with Crippen molar-refractivity contribution in [2.24, 2.45) is 17.3 Å². The molecule has 0 saturated carbocycles. The Morgan fingerprint density at radius 3 is 2.48 bits per heavy atom. The number of benzene rings is 1. The van der Waals surface area contributed by atoms with Crippen LogP contribution in [0.15, 0.2) is 63.7 Å². The number of rotatable bonds is 3. The highest BCUT2D eigenvalue weighted by Gasteiger charge is 2.15. The Morgan fingerprint density at radius 1 is 1.09 bits per heavy atom. The van der Waals surface area contributed by atoms with Gasteiger partial charge in [0.1, 0.15) is 11.5 Å². The first-order valence-electron chi connectivity index (χ1n) is 7.05. The van der Waals surface area contributed by atoms with Gasteiger partial charge >= 0.3 is 0 Å². The summed E-state index contributed by atoms with van der Waals surface area (Å²) in [6.07, 6.45) is 1.51. The molecule has 2 aromatic heterocycles. The van der Waals surface area contributed by atoms with E-state index in [0.717, 1.165) is 11.4 Å². The molecule has 116 valence electrons. The zero-order valence-corrected chi connectivity index (χ0v) is 12.8. The van der Waals surface area contributed by atoms with E-state index >= 15 is 0 Å². The van der Waals surface area contributed by atoms with Crippen molar-refractivity contribution in [2.75, 3.05) is 5.73 Å². The molecule has 2 heterocycles. The highest BCUT2D eigenvalue weighted by molar-refractivity contribution is 5.45. The van der Waals surface area contributed by atoms with Crippen LogP contribution >= 0.6 is 0 Å². The molecule has 0 fully saturated rings. The number of nitrogens with zero attached hydrogens (tertiary/aromatic N) is 5. The zero-order valence-electron chi connectivity index (χ0n) is 12.8. The number of aromatic nitrogens is 3. The lowest BCUT2D eigenvalue weighted by Crippen LogP contribution is -2.19. The van der Waals surface area contributed by atoms with E-state index in [1.807, 2.05) is 44.3 Å². The minimum Gasteiger partial charge on any atom is -0.384 e. The molecule has 0 unspecified atom stereocenters. The summed E-state index contributed by atoms with van der Waals surface area (Å²) in [5, 5.41) is 8.17. The third-order valence-electron chi connectivity index (χ3n) is 3.56. The molecule has 0 aliphatic carbocycles. The fourth-order valence-corrected chi connectivity index (χ4v) is 2.23. The van der Waals surface area contributed by atoms with Crippen LogP contribution in [0.4, 0.5) is 17.2 Å². The summed E-state index contributed by atoms with van der Waals surface area (Å²) in [4.78, 5) is 16.6. The van der Waals surface area contributed by atoms with Crippen LogP contribution in [0.2, 0.25) is 0 Å². The van der Waals surface area contributed by atoms with Crippen LogP contribution < -0.4 is 11.3 Å². The van der Waals surface area contributed by atoms with E-state index in [0.29, 0.717) is 17.2 Å². The maximum Gasteiger partial charge on any atom is 0.299 e. The van der Waals surface area contributed by atoms with Crippen LogP contribution in [0.1, 0.15) is 5.69 Å². The highest BCUT2D eigenvalue weighted by atomic mass is 16.1. The van der Waals surface area contributed by atoms with Crippen molar-refractivity contribution in [3.05, 3.63) is 64.7 Å². The Bertz CT molecular complexity index is 906. The molecular formula is C16H16N6O. The molecule has 3 aromatic rings. The van der Waals surface area contributed by atoms with Gasteiger partial charge in [-0.05, 0) is 31.2 Å². The summed E-state index contributed by atoms with van der Waals surface area (Å²) in [7, 11) is 1.81. The average Bonchev–Trinajstić information content (AvgIpc) is 2.78. The Hall–Kier alpha value is -3.22. The number of pyridine rings is 1. The van der Waals surface area contributed by atoms with Crippen LogP contribution in [0.5, 0.6) is 0 Å². The maximum absolute atomic E-state index is 12.6. The number of para-hydroxylation sites is 1. The largest absolute Gasteiger partial charge is 0.384 e. The van der Waals surface area contributed by atoms with E-state index in [4.69, 9.17) is 5.73 Å². The third kappa shape index (κ3) is 2.76. The predicted molar refractivity (Wildman–Crippen MR) is 88.6 cm³/mol. The molecule has 0 bridgehead atoms. The van der Waals surface area contributed by atoms with Crippen LogP contribution in [0.25, 0.3) is 5.69 Å². The smallest absolute Gasteiger partial charge is 0.299 e. The van der Waals surface area contributed by atoms with Crippen molar-refractivity contribution in [3.63, 3.8) is 0 Å². The molecule has 7 heteroatoms. The van der Waals surface area contributed by atoms with Crippen molar-refractivity contribution in [3.8, 4) is 5.69 Å². The first kappa shape index (κ1) is 14.7. The average molecular weight is 308 g/mol. The van der Waals surface area contributed by atoms with E-state index in [2.05, 4.69) is 15.2 Å². The summed E-state index contributed by atoms with van der Waals surface area (Å²) in [5.41, 5.74) is 7.65. The molecule has 0 spiro atoms. The molecule has 0 aliphatic rings. The molecule has 2 N–H and O–H groups in total. The third-order valence-corrected chi connectivity index (χ3v) is 3.56. The number of nitrogens with two attached hydrogens (primary N) is 1. The van der Waals surface area contributed by atoms with Crippen molar-refractivity contribution >= 4 is 17.2 Å². The van der Waals surface area contributed by atoms with Crippen LogP contribution in [0, 0.1) is 6.92 Å². The SMILES string of the molecule is Cc1c(N=Nc2ccc(N)nc2)c(=O)n(-c2ccccc2)n1C. The van der Waals surface area contributed by atoms with Gasteiger partial charge in [0.2, 0.25) is 0 Å². The Kier molecular flexibility index (Phi) is 3.76. The van der Waals surface area contributed by atoms with Gasteiger partial charge in [0.15, 0.2) is 5.69 Å². The quantitative estimate of drug-likeness (QED) is 0.754. The predicted octanol–water partition coefficient (Wildman–Crippen LogP) is 2.88. The Balaban J connectivity index is 2.04. The normalized spacial score (nSPS) is 11.2. The molecule has 7 nitrogen and oxygen atoms in total. The van der Waals surface area contributed by atoms with E-state index in [9.17, 15) is 4.79 Å². The minimum atomic E-state index is -0.219. The second-order valence-corrected chi connectivity index (χ2v) is 5.05. The lowest BCUT2D eigenvalue weighted by atomic mass is 10.3. The highest BCUT2D eigenvalue weighted by Crippen LogP contribution is 2.20. The van der Waals surface area contributed by atoms with Crippen LogP contribution in [0.3, 0.4) is 0 Å². The molecule has 0 amide bonds. The van der Waals surface area contributed by atoms with Gasteiger partial charge in [-0.3, -0.25) is 9.48 Å². The lowest BCUT2D eigenvalue weighted by Gasteiger charge is -2.07. The second-order valence-electron chi connectivity index (χ2n) is 5.05. The van der Waals surface area contributed by atoms with Crippen molar-refractivity contribution in [1.82, 2.24) is 14.3 Å². The summed E-state index contributed by atoms with van der Waals surface area (Å²) in [6.45, 7) is 1.83. The topological polar surface area (TPSA) is 90.6 Å². The van der Waals surface area contributed by atoms with E-state index < -0.39 is 0 Å². The molecule has 0 radical (unpaired) electrons. The Morgan fingerprint density at radius 2 is 1.83 bits per heavy atom. The monoisotopic (exact) mass is 308 g/mol. The Labute approximate surface area is 132 Å². The molecule has 23 heavy (non-hydrogen) atoms. The molecule has 0 atom stereocenters. The first-order chi connectivity index (χ1) is 11.1. The van der Waals surface area contributed by atoms with Gasteiger partial charge in [0.05, 0.1) is 17.6 Å². The first-order valence-corrected chi connectivity index (χ1v) is 7.05. The summed E-state index contributed by atoms with van der Waals surface area (Å²) >= 11 is 0. The number of azo groups is 1.